The van der Waals surface area contributed by atoms with Gasteiger partial charge in [-0.15, -0.1) is 11.8 Å². The molecule has 2 aromatic rings. The maximum absolute atomic E-state index is 12.3. The van der Waals surface area contributed by atoms with E-state index in [2.05, 4.69) is 5.32 Å². The van der Waals surface area contributed by atoms with Crippen LogP contribution in [0.4, 0.5) is 5.69 Å². The van der Waals surface area contributed by atoms with Crippen molar-refractivity contribution in [2.45, 2.75) is 11.3 Å². The third-order valence-electron chi connectivity index (χ3n) is 4.48. The summed E-state index contributed by atoms with van der Waals surface area (Å²) in [4.78, 5) is 27.4. The van der Waals surface area contributed by atoms with Gasteiger partial charge >= 0.3 is 0 Å². The molecule has 0 aliphatic carbocycles. The van der Waals surface area contributed by atoms with E-state index >= 15 is 0 Å². The first-order chi connectivity index (χ1) is 13.6. The van der Waals surface area contributed by atoms with Gasteiger partial charge in [0, 0.05) is 29.7 Å². The Morgan fingerprint density at radius 2 is 1.75 bits per heavy atom. The van der Waals surface area contributed by atoms with E-state index in [1.807, 2.05) is 59.7 Å². The van der Waals surface area contributed by atoms with Gasteiger partial charge in [-0.05, 0) is 47.7 Å². The molecular formula is C22H24N2O3S. The van der Waals surface area contributed by atoms with Crippen LogP contribution in [0.2, 0.25) is 0 Å². The van der Waals surface area contributed by atoms with Crippen molar-refractivity contribution in [3.05, 3.63) is 65.7 Å². The van der Waals surface area contributed by atoms with Crippen LogP contribution in [0.5, 0.6) is 0 Å². The van der Waals surface area contributed by atoms with E-state index in [9.17, 15) is 9.59 Å². The molecule has 0 atom stereocenters. The van der Waals surface area contributed by atoms with E-state index in [0.717, 1.165) is 11.1 Å². The van der Waals surface area contributed by atoms with Gasteiger partial charge in [0.25, 0.3) is 0 Å². The fraction of sp³-hybridized carbons (Fsp3) is 0.273. The maximum atomic E-state index is 12.3. The summed E-state index contributed by atoms with van der Waals surface area (Å²) in [6.07, 6.45) is 5.70. The molecule has 0 unspecified atom stereocenters. The van der Waals surface area contributed by atoms with Crippen LogP contribution < -0.4 is 5.32 Å². The third-order valence-corrected chi connectivity index (χ3v) is 5.23. The molecule has 28 heavy (non-hydrogen) atoms. The predicted octanol–water partition coefficient (Wildman–Crippen LogP) is 3.46. The first-order valence-corrected chi connectivity index (χ1v) is 10.4. The minimum Gasteiger partial charge on any atom is -0.378 e. The third kappa shape index (κ3) is 5.97. The topological polar surface area (TPSA) is 58.6 Å². The van der Waals surface area contributed by atoms with Crippen LogP contribution >= 0.6 is 11.8 Å². The van der Waals surface area contributed by atoms with Crippen molar-refractivity contribution < 1.29 is 14.3 Å². The Morgan fingerprint density at radius 1 is 1.07 bits per heavy atom. The summed E-state index contributed by atoms with van der Waals surface area (Å²) in [5.74, 6) is -0.0819. The van der Waals surface area contributed by atoms with E-state index in [-0.39, 0.29) is 11.8 Å². The van der Waals surface area contributed by atoms with Gasteiger partial charge in [-0.3, -0.25) is 9.59 Å². The quantitative estimate of drug-likeness (QED) is 0.600. The second kappa shape index (κ2) is 10.1. The van der Waals surface area contributed by atoms with Gasteiger partial charge in [-0.25, -0.2) is 0 Å². The number of carbonyl (C=O) groups excluding carboxylic acids is 2. The number of hydrogen-bond acceptors (Lipinski definition) is 4. The van der Waals surface area contributed by atoms with E-state index in [1.165, 1.54) is 11.0 Å². The Bertz CT molecular complexity index is 826. The molecule has 1 aliphatic rings. The fourth-order valence-electron chi connectivity index (χ4n) is 2.88. The van der Waals surface area contributed by atoms with E-state index in [4.69, 9.17) is 4.74 Å². The number of nitrogens with zero attached hydrogens (tertiary/aromatic N) is 1. The van der Waals surface area contributed by atoms with Crippen molar-refractivity contribution >= 4 is 35.3 Å². The lowest BCUT2D eigenvalue weighted by molar-refractivity contribution is -0.134. The van der Waals surface area contributed by atoms with Crippen LogP contribution in [-0.4, -0.2) is 49.3 Å². The summed E-state index contributed by atoms with van der Waals surface area (Å²) in [6, 6.07) is 15.4. The number of anilines is 1. The number of benzene rings is 2. The summed E-state index contributed by atoms with van der Waals surface area (Å²) in [7, 11) is 0. The largest absolute Gasteiger partial charge is 0.378 e. The van der Waals surface area contributed by atoms with Gasteiger partial charge in [0.15, 0.2) is 0 Å². The molecule has 2 aromatic carbocycles. The number of rotatable bonds is 6. The van der Waals surface area contributed by atoms with E-state index in [1.54, 1.807) is 17.8 Å². The zero-order valence-corrected chi connectivity index (χ0v) is 16.7. The smallest absolute Gasteiger partial charge is 0.248 e. The minimum absolute atomic E-state index is 0.107. The SMILES string of the molecule is CSc1ccc(C=CC(=O)Nc2ccc(CC(=O)N3CCOCC3)cc2)cc1. The second-order valence-corrected chi connectivity index (χ2v) is 7.34. The normalized spacial score (nSPS) is 14.2. The van der Waals surface area contributed by atoms with Crippen LogP contribution in [0.25, 0.3) is 6.08 Å². The van der Waals surface area contributed by atoms with Crippen molar-refractivity contribution in [3.63, 3.8) is 0 Å². The zero-order valence-electron chi connectivity index (χ0n) is 15.9. The molecule has 0 bridgehead atoms. The minimum atomic E-state index is -0.189. The summed E-state index contributed by atoms with van der Waals surface area (Å²) in [5, 5.41) is 2.84. The molecule has 0 aromatic heterocycles. The van der Waals surface area contributed by atoms with Gasteiger partial charge in [-0.2, -0.15) is 0 Å². The van der Waals surface area contributed by atoms with Crippen LogP contribution in [0, 0.1) is 0 Å². The molecule has 6 heteroatoms. The zero-order chi connectivity index (χ0) is 19.8. The molecule has 0 radical (unpaired) electrons. The summed E-state index contributed by atoms with van der Waals surface area (Å²) in [6.45, 7) is 2.51. The Balaban J connectivity index is 1.50. The number of amides is 2. The lowest BCUT2D eigenvalue weighted by atomic mass is 10.1. The molecule has 3 rings (SSSR count). The number of hydrogen-bond donors (Lipinski definition) is 1. The highest BCUT2D eigenvalue weighted by molar-refractivity contribution is 7.98. The van der Waals surface area contributed by atoms with Gasteiger partial charge < -0.3 is 15.0 Å². The molecule has 1 fully saturated rings. The van der Waals surface area contributed by atoms with Crippen LogP contribution in [0.15, 0.2) is 59.5 Å². The lowest BCUT2D eigenvalue weighted by Gasteiger charge is -2.26. The van der Waals surface area contributed by atoms with Crippen molar-refractivity contribution in [2.24, 2.45) is 0 Å². The highest BCUT2D eigenvalue weighted by Gasteiger charge is 2.16. The van der Waals surface area contributed by atoms with Crippen LogP contribution in [0.1, 0.15) is 11.1 Å². The second-order valence-electron chi connectivity index (χ2n) is 6.46. The fourth-order valence-corrected chi connectivity index (χ4v) is 3.28. The van der Waals surface area contributed by atoms with Crippen molar-refractivity contribution in [2.75, 3.05) is 37.9 Å². The Kier molecular flexibility index (Phi) is 7.28. The predicted molar refractivity (Wildman–Crippen MR) is 113 cm³/mol. The standard InChI is InChI=1S/C22H24N2O3S/c1-28-20-9-4-17(5-10-20)6-11-21(25)23-19-7-2-18(3-8-19)16-22(26)24-12-14-27-15-13-24/h2-11H,12-16H2,1H3,(H,23,25). The average molecular weight is 397 g/mol. The number of nitrogens with one attached hydrogen (secondary N) is 1. The van der Waals surface area contributed by atoms with Gasteiger partial charge in [0.05, 0.1) is 19.6 Å². The number of ether oxygens (including phenoxy) is 1. The lowest BCUT2D eigenvalue weighted by Crippen LogP contribution is -2.41. The highest BCUT2D eigenvalue weighted by atomic mass is 32.2. The first kappa shape index (κ1) is 20.2. The van der Waals surface area contributed by atoms with Crippen LogP contribution in [0.3, 0.4) is 0 Å². The van der Waals surface area contributed by atoms with Crippen molar-refractivity contribution in [1.82, 2.24) is 4.90 Å². The first-order valence-electron chi connectivity index (χ1n) is 9.21. The van der Waals surface area contributed by atoms with E-state index < -0.39 is 0 Å². The molecule has 5 nitrogen and oxygen atoms in total. The maximum Gasteiger partial charge on any atom is 0.248 e. The van der Waals surface area contributed by atoms with Gasteiger partial charge in [0.2, 0.25) is 11.8 Å². The van der Waals surface area contributed by atoms with Gasteiger partial charge in [0.1, 0.15) is 0 Å². The Hall–Kier alpha value is -2.57. The molecule has 1 saturated heterocycles. The molecular weight excluding hydrogens is 372 g/mol. The molecule has 1 N–H and O–H groups in total. The molecule has 146 valence electrons. The van der Waals surface area contributed by atoms with Crippen molar-refractivity contribution in [3.8, 4) is 0 Å². The van der Waals surface area contributed by atoms with Crippen molar-refractivity contribution in [1.29, 1.82) is 0 Å². The number of carbonyl (C=O) groups is 2. The summed E-state index contributed by atoms with van der Waals surface area (Å²) < 4.78 is 5.27. The van der Waals surface area contributed by atoms with E-state index in [0.29, 0.717) is 38.4 Å². The molecule has 0 saturated carbocycles. The Labute approximate surface area is 169 Å². The number of thioether (sulfide) groups is 1. The highest BCUT2D eigenvalue weighted by Crippen LogP contribution is 2.16. The van der Waals surface area contributed by atoms with Crippen LogP contribution in [-0.2, 0) is 20.7 Å². The summed E-state index contributed by atoms with van der Waals surface area (Å²) in [5.41, 5.74) is 2.61. The molecule has 1 aliphatic heterocycles. The molecule has 2 amide bonds. The monoisotopic (exact) mass is 396 g/mol. The summed E-state index contributed by atoms with van der Waals surface area (Å²) >= 11 is 1.68. The number of morpholine rings is 1. The molecule has 0 spiro atoms. The average Bonchev–Trinajstić information content (AvgIpc) is 2.74. The Morgan fingerprint density at radius 3 is 2.39 bits per heavy atom. The molecule has 1 heterocycles. The van der Waals surface area contributed by atoms with Gasteiger partial charge in [-0.1, -0.05) is 24.3 Å².